The minimum Gasteiger partial charge on any atom is -0.329 e. The van der Waals surface area contributed by atoms with Gasteiger partial charge < -0.3 is 5.73 Å². The van der Waals surface area contributed by atoms with Gasteiger partial charge in [-0.15, -0.1) is 0 Å². The van der Waals surface area contributed by atoms with Crippen molar-refractivity contribution in [1.29, 1.82) is 0 Å². The molecular formula is C11H22N6O2S. The molecule has 3 N–H and O–H groups in total. The van der Waals surface area contributed by atoms with Crippen LogP contribution >= 0.6 is 0 Å². The second-order valence-corrected chi connectivity index (χ2v) is 6.69. The fraction of sp³-hybridized carbons (Fsp3) is 0.818. The summed E-state index contributed by atoms with van der Waals surface area (Å²) >= 11 is 0. The highest BCUT2D eigenvalue weighted by atomic mass is 32.2. The molecule has 1 atom stereocenters. The average molecular weight is 302 g/mol. The van der Waals surface area contributed by atoms with Gasteiger partial charge in [-0.25, -0.2) is 9.71 Å². The first kappa shape index (κ1) is 15.4. The van der Waals surface area contributed by atoms with Crippen LogP contribution in [0.25, 0.3) is 0 Å². The van der Waals surface area contributed by atoms with E-state index in [0.29, 0.717) is 31.9 Å². The lowest BCUT2D eigenvalue weighted by Crippen LogP contribution is -2.51. The third-order valence-corrected chi connectivity index (χ3v) is 5.10. The first-order valence-corrected chi connectivity index (χ1v) is 8.28. The molecule has 0 radical (unpaired) electrons. The van der Waals surface area contributed by atoms with Crippen molar-refractivity contribution in [2.24, 2.45) is 12.8 Å². The molecule has 0 aliphatic carbocycles. The smallest absolute Gasteiger partial charge is 0.279 e. The summed E-state index contributed by atoms with van der Waals surface area (Å²) in [6, 6.07) is -0.0887. The van der Waals surface area contributed by atoms with Crippen LogP contribution in [0, 0.1) is 0 Å². The predicted octanol–water partition coefficient (Wildman–Crippen LogP) is -0.995. The standard InChI is InChI=1S/C11H22N6O2S/c1-16-9-13-11(15-16)5-6-14-20(18,19)17-7-3-2-4-10(17)8-12/h9-10,14H,2-8,12H2,1H3. The summed E-state index contributed by atoms with van der Waals surface area (Å²) in [7, 11) is -1.69. The second kappa shape index (κ2) is 6.61. The zero-order valence-corrected chi connectivity index (χ0v) is 12.5. The van der Waals surface area contributed by atoms with E-state index in [2.05, 4.69) is 14.8 Å². The number of piperidine rings is 1. The van der Waals surface area contributed by atoms with Crippen molar-refractivity contribution < 1.29 is 8.42 Å². The molecule has 1 saturated heterocycles. The van der Waals surface area contributed by atoms with Crippen LogP contribution in [0.3, 0.4) is 0 Å². The molecule has 1 aliphatic heterocycles. The molecule has 0 saturated carbocycles. The summed E-state index contributed by atoms with van der Waals surface area (Å²) in [4.78, 5) is 4.06. The predicted molar refractivity (Wildman–Crippen MR) is 75.0 cm³/mol. The maximum atomic E-state index is 12.3. The van der Waals surface area contributed by atoms with Gasteiger partial charge in [-0.05, 0) is 12.8 Å². The lowest BCUT2D eigenvalue weighted by Gasteiger charge is -2.33. The summed E-state index contributed by atoms with van der Waals surface area (Å²) in [6.07, 6.45) is 4.82. The van der Waals surface area contributed by atoms with E-state index in [1.54, 1.807) is 18.1 Å². The van der Waals surface area contributed by atoms with Crippen molar-refractivity contribution in [2.45, 2.75) is 31.7 Å². The maximum Gasteiger partial charge on any atom is 0.279 e. The normalized spacial score (nSPS) is 21.2. The first-order chi connectivity index (χ1) is 9.53. The molecule has 2 heterocycles. The van der Waals surface area contributed by atoms with Crippen LogP contribution in [0.4, 0.5) is 0 Å². The van der Waals surface area contributed by atoms with E-state index in [-0.39, 0.29) is 6.04 Å². The van der Waals surface area contributed by atoms with Gasteiger partial charge in [0.15, 0.2) is 5.82 Å². The van der Waals surface area contributed by atoms with Gasteiger partial charge in [0.2, 0.25) is 0 Å². The van der Waals surface area contributed by atoms with Crippen molar-refractivity contribution in [3.63, 3.8) is 0 Å². The fourth-order valence-electron chi connectivity index (χ4n) is 2.40. The quantitative estimate of drug-likeness (QED) is 0.701. The Morgan fingerprint density at radius 2 is 2.30 bits per heavy atom. The highest BCUT2D eigenvalue weighted by Crippen LogP contribution is 2.18. The van der Waals surface area contributed by atoms with E-state index in [1.165, 1.54) is 4.31 Å². The number of nitrogens with one attached hydrogen (secondary N) is 1. The third-order valence-electron chi connectivity index (χ3n) is 3.43. The van der Waals surface area contributed by atoms with Gasteiger partial charge in [-0.3, -0.25) is 4.68 Å². The van der Waals surface area contributed by atoms with Gasteiger partial charge in [0.25, 0.3) is 10.2 Å². The van der Waals surface area contributed by atoms with Crippen molar-refractivity contribution in [3.8, 4) is 0 Å². The summed E-state index contributed by atoms with van der Waals surface area (Å²) in [5.41, 5.74) is 5.66. The molecule has 0 amide bonds. The molecule has 0 spiro atoms. The lowest BCUT2D eigenvalue weighted by molar-refractivity contribution is 0.254. The van der Waals surface area contributed by atoms with Crippen molar-refractivity contribution in [1.82, 2.24) is 23.8 Å². The molecule has 1 aromatic heterocycles. The Balaban J connectivity index is 1.89. The zero-order valence-electron chi connectivity index (χ0n) is 11.7. The van der Waals surface area contributed by atoms with E-state index in [1.807, 2.05) is 0 Å². The topological polar surface area (TPSA) is 106 Å². The van der Waals surface area contributed by atoms with Crippen LogP contribution in [-0.4, -0.2) is 53.2 Å². The number of aryl methyl sites for hydroxylation is 1. The molecule has 1 fully saturated rings. The molecule has 20 heavy (non-hydrogen) atoms. The van der Waals surface area contributed by atoms with Gasteiger partial charge in [0.1, 0.15) is 6.33 Å². The fourth-order valence-corrected chi connectivity index (χ4v) is 3.88. The Morgan fingerprint density at radius 3 is 2.95 bits per heavy atom. The van der Waals surface area contributed by atoms with E-state index in [9.17, 15) is 8.42 Å². The maximum absolute atomic E-state index is 12.3. The van der Waals surface area contributed by atoms with E-state index in [0.717, 1.165) is 19.3 Å². The first-order valence-electron chi connectivity index (χ1n) is 6.84. The highest BCUT2D eigenvalue weighted by Gasteiger charge is 2.30. The minimum absolute atomic E-state index is 0.0887. The molecule has 114 valence electrons. The molecule has 1 aliphatic rings. The average Bonchev–Trinajstić information content (AvgIpc) is 2.84. The van der Waals surface area contributed by atoms with Gasteiger partial charge in [0, 0.05) is 39.1 Å². The summed E-state index contributed by atoms with van der Waals surface area (Å²) < 4.78 is 30.2. The third kappa shape index (κ3) is 3.75. The summed E-state index contributed by atoms with van der Waals surface area (Å²) in [6.45, 7) is 1.20. The lowest BCUT2D eigenvalue weighted by atomic mass is 10.1. The SMILES string of the molecule is Cn1cnc(CCNS(=O)(=O)N2CCCCC2CN)n1. The van der Waals surface area contributed by atoms with Crippen LogP contribution in [0.1, 0.15) is 25.1 Å². The highest BCUT2D eigenvalue weighted by molar-refractivity contribution is 7.87. The van der Waals surface area contributed by atoms with Gasteiger partial charge >= 0.3 is 0 Å². The van der Waals surface area contributed by atoms with Crippen LogP contribution in [0.15, 0.2) is 6.33 Å². The number of hydrogen-bond acceptors (Lipinski definition) is 5. The number of rotatable bonds is 6. The molecular weight excluding hydrogens is 280 g/mol. The van der Waals surface area contributed by atoms with Gasteiger partial charge in [0.05, 0.1) is 0 Å². The number of nitrogens with two attached hydrogens (primary N) is 1. The molecule has 1 aromatic rings. The van der Waals surface area contributed by atoms with Crippen LogP contribution in [0.5, 0.6) is 0 Å². The minimum atomic E-state index is -3.47. The van der Waals surface area contributed by atoms with Crippen LogP contribution in [0.2, 0.25) is 0 Å². The Kier molecular flexibility index (Phi) is 5.08. The zero-order chi connectivity index (χ0) is 14.6. The molecule has 9 heteroatoms. The van der Waals surface area contributed by atoms with E-state index < -0.39 is 10.2 Å². The number of aromatic nitrogens is 3. The second-order valence-electron chi connectivity index (χ2n) is 4.98. The summed E-state index contributed by atoms with van der Waals surface area (Å²) in [5.74, 6) is 0.629. The number of nitrogens with zero attached hydrogens (tertiary/aromatic N) is 4. The van der Waals surface area contributed by atoms with Crippen LogP contribution in [-0.2, 0) is 23.7 Å². The Hall–Kier alpha value is -1.03. The van der Waals surface area contributed by atoms with Gasteiger partial charge in [-0.1, -0.05) is 6.42 Å². The molecule has 8 nitrogen and oxygen atoms in total. The molecule has 0 aromatic carbocycles. The Labute approximate surface area is 119 Å². The van der Waals surface area contributed by atoms with E-state index in [4.69, 9.17) is 5.73 Å². The van der Waals surface area contributed by atoms with Crippen molar-refractivity contribution in [2.75, 3.05) is 19.6 Å². The largest absolute Gasteiger partial charge is 0.329 e. The molecule has 1 unspecified atom stereocenters. The van der Waals surface area contributed by atoms with Crippen molar-refractivity contribution in [3.05, 3.63) is 12.2 Å². The number of hydrogen-bond donors (Lipinski definition) is 2. The van der Waals surface area contributed by atoms with Gasteiger partial charge in [-0.2, -0.15) is 17.8 Å². The molecule has 2 rings (SSSR count). The van der Waals surface area contributed by atoms with E-state index >= 15 is 0 Å². The Bertz CT molecular complexity index is 529. The van der Waals surface area contributed by atoms with Crippen LogP contribution < -0.4 is 10.5 Å². The van der Waals surface area contributed by atoms with Crippen molar-refractivity contribution >= 4 is 10.2 Å². The Morgan fingerprint density at radius 1 is 1.50 bits per heavy atom. The monoisotopic (exact) mass is 302 g/mol. The molecule has 0 bridgehead atoms. The summed E-state index contributed by atoms with van der Waals surface area (Å²) in [5, 5.41) is 4.11.